The maximum Gasteiger partial charge on any atom is 0.0583 e. The van der Waals surface area contributed by atoms with E-state index >= 15 is 0 Å². The lowest BCUT2D eigenvalue weighted by molar-refractivity contribution is 0.169. The minimum Gasteiger partial charge on any atom is -0.395 e. The van der Waals surface area contributed by atoms with E-state index in [1.54, 1.807) is 0 Å². The molecule has 0 spiro atoms. The van der Waals surface area contributed by atoms with Gasteiger partial charge in [0.2, 0.25) is 0 Å². The van der Waals surface area contributed by atoms with Gasteiger partial charge in [0.25, 0.3) is 0 Å². The van der Waals surface area contributed by atoms with Gasteiger partial charge in [-0.25, -0.2) is 0 Å². The summed E-state index contributed by atoms with van der Waals surface area (Å²) in [7, 11) is 0. The van der Waals surface area contributed by atoms with Crippen molar-refractivity contribution in [3.8, 4) is 0 Å². The molecule has 0 radical (unpaired) electrons. The van der Waals surface area contributed by atoms with Crippen molar-refractivity contribution in [3.63, 3.8) is 0 Å². The third kappa shape index (κ3) is 4.07. The van der Waals surface area contributed by atoms with Gasteiger partial charge in [0.1, 0.15) is 0 Å². The molecular formula is C10H22N2O. The summed E-state index contributed by atoms with van der Waals surface area (Å²) in [5, 5.41) is 8.77. The number of piperidine rings is 1. The summed E-state index contributed by atoms with van der Waals surface area (Å²) in [6, 6.07) is -0.0303. The third-order valence-electron chi connectivity index (χ3n) is 2.79. The quantitative estimate of drug-likeness (QED) is 0.669. The number of hydrogen-bond acceptors (Lipinski definition) is 3. The molecule has 1 aliphatic heterocycles. The van der Waals surface area contributed by atoms with Gasteiger partial charge in [-0.1, -0.05) is 6.92 Å². The van der Waals surface area contributed by atoms with Crippen LogP contribution in [0.15, 0.2) is 0 Å². The summed E-state index contributed by atoms with van der Waals surface area (Å²) in [6.45, 7) is 5.88. The number of aliphatic hydroxyl groups excluding tert-OH is 1. The predicted octanol–water partition coefficient (Wildman–Crippen LogP) is 0.428. The molecule has 1 aliphatic rings. The molecule has 0 aromatic carbocycles. The molecule has 0 bridgehead atoms. The van der Waals surface area contributed by atoms with E-state index in [2.05, 4.69) is 11.8 Å². The first-order chi connectivity index (χ1) is 6.22. The molecule has 3 N–H and O–H groups in total. The van der Waals surface area contributed by atoms with Crippen LogP contribution in [-0.2, 0) is 0 Å². The van der Waals surface area contributed by atoms with Crippen molar-refractivity contribution in [3.05, 3.63) is 0 Å². The van der Waals surface area contributed by atoms with E-state index < -0.39 is 0 Å². The van der Waals surface area contributed by atoms with Crippen LogP contribution in [0.5, 0.6) is 0 Å². The second-order valence-corrected chi connectivity index (χ2v) is 4.28. The smallest absolute Gasteiger partial charge is 0.0583 e. The summed E-state index contributed by atoms with van der Waals surface area (Å²) in [5.74, 6) is 0.833. The topological polar surface area (TPSA) is 49.5 Å². The molecule has 3 heteroatoms. The lowest BCUT2D eigenvalue weighted by Gasteiger charge is -2.31. The molecule has 1 heterocycles. The number of likely N-dealkylation sites (tertiary alicyclic amines) is 1. The van der Waals surface area contributed by atoms with Gasteiger partial charge in [0.05, 0.1) is 6.61 Å². The summed E-state index contributed by atoms with van der Waals surface area (Å²) in [6.07, 6.45) is 3.60. The largest absolute Gasteiger partial charge is 0.395 e. The van der Waals surface area contributed by atoms with E-state index in [4.69, 9.17) is 10.8 Å². The lowest BCUT2D eigenvalue weighted by atomic mass is 10.00. The van der Waals surface area contributed by atoms with Gasteiger partial charge in [0, 0.05) is 12.6 Å². The van der Waals surface area contributed by atoms with Crippen LogP contribution in [0.3, 0.4) is 0 Å². The van der Waals surface area contributed by atoms with Gasteiger partial charge in [-0.3, -0.25) is 0 Å². The van der Waals surface area contributed by atoms with E-state index in [-0.39, 0.29) is 12.6 Å². The van der Waals surface area contributed by atoms with E-state index in [9.17, 15) is 0 Å². The van der Waals surface area contributed by atoms with E-state index in [1.165, 1.54) is 25.9 Å². The Morgan fingerprint density at radius 2 is 2.38 bits per heavy atom. The van der Waals surface area contributed by atoms with Crippen LogP contribution < -0.4 is 5.73 Å². The molecule has 0 amide bonds. The fraction of sp³-hybridized carbons (Fsp3) is 1.00. The third-order valence-corrected chi connectivity index (χ3v) is 2.79. The Morgan fingerprint density at radius 3 is 3.00 bits per heavy atom. The van der Waals surface area contributed by atoms with Gasteiger partial charge in [-0.05, 0) is 38.3 Å². The second kappa shape index (κ2) is 5.58. The SMILES string of the molecule is CC1CCCN(CCC(N)CO)C1. The first-order valence-electron chi connectivity index (χ1n) is 5.31. The molecule has 1 rings (SSSR count). The molecule has 13 heavy (non-hydrogen) atoms. The maximum atomic E-state index is 8.77. The Labute approximate surface area is 80.9 Å². The molecule has 78 valence electrons. The number of nitrogens with two attached hydrogens (primary N) is 1. The number of aliphatic hydroxyl groups is 1. The highest BCUT2D eigenvalue weighted by Gasteiger charge is 2.16. The Balaban J connectivity index is 2.13. The summed E-state index contributed by atoms with van der Waals surface area (Å²) in [5.41, 5.74) is 5.65. The number of rotatable bonds is 4. The van der Waals surface area contributed by atoms with Crippen molar-refractivity contribution >= 4 is 0 Å². The molecule has 1 fully saturated rings. The monoisotopic (exact) mass is 186 g/mol. The molecule has 2 unspecified atom stereocenters. The fourth-order valence-corrected chi connectivity index (χ4v) is 1.93. The predicted molar refractivity (Wildman–Crippen MR) is 54.5 cm³/mol. The van der Waals surface area contributed by atoms with Crippen molar-refractivity contribution in [2.24, 2.45) is 11.7 Å². The van der Waals surface area contributed by atoms with Crippen LogP contribution in [-0.4, -0.2) is 42.3 Å². The second-order valence-electron chi connectivity index (χ2n) is 4.28. The Morgan fingerprint density at radius 1 is 1.62 bits per heavy atom. The van der Waals surface area contributed by atoms with Crippen LogP contribution in [0.4, 0.5) is 0 Å². The zero-order chi connectivity index (χ0) is 9.68. The highest BCUT2D eigenvalue weighted by molar-refractivity contribution is 4.71. The van der Waals surface area contributed by atoms with Crippen molar-refractivity contribution in [1.29, 1.82) is 0 Å². The van der Waals surface area contributed by atoms with Crippen molar-refractivity contribution in [2.75, 3.05) is 26.2 Å². The van der Waals surface area contributed by atoms with Crippen LogP contribution >= 0.6 is 0 Å². The van der Waals surface area contributed by atoms with E-state index in [1.807, 2.05) is 0 Å². The lowest BCUT2D eigenvalue weighted by Crippen LogP contribution is -2.38. The Kier molecular flexibility index (Phi) is 4.70. The molecular weight excluding hydrogens is 164 g/mol. The highest BCUT2D eigenvalue weighted by Crippen LogP contribution is 2.15. The van der Waals surface area contributed by atoms with Crippen molar-refractivity contribution < 1.29 is 5.11 Å². The molecule has 3 nitrogen and oxygen atoms in total. The first-order valence-corrected chi connectivity index (χ1v) is 5.31. The molecule has 2 atom stereocenters. The van der Waals surface area contributed by atoms with E-state index in [0.29, 0.717) is 0 Å². The van der Waals surface area contributed by atoms with Gasteiger partial charge in [-0.15, -0.1) is 0 Å². The van der Waals surface area contributed by atoms with Crippen LogP contribution in [0.1, 0.15) is 26.2 Å². The molecule has 1 saturated heterocycles. The minimum absolute atomic E-state index is 0.0303. The van der Waals surface area contributed by atoms with Gasteiger partial charge >= 0.3 is 0 Å². The molecule has 0 aromatic rings. The normalized spacial score (nSPS) is 27.5. The summed E-state index contributed by atoms with van der Waals surface area (Å²) >= 11 is 0. The highest BCUT2D eigenvalue weighted by atomic mass is 16.3. The van der Waals surface area contributed by atoms with Crippen molar-refractivity contribution in [2.45, 2.75) is 32.2 Å². The standard InChI is InChI=1S/C10H22N2O/c1-9-3-2-5-12(7-9)6-4-10(11)8-13/h9-10,13H,2-8,11H2,1H3. The number of hydrogen-bond donors (Lipinski definition) is 2. The maximum absolute atomic E-state index is 8.77. The van der Waals surface area contributed by atoms with Crippen LogP contribution in [0.2, 0.25) is 0 Å². The average Bonchev–Trinajstić information content (AvgIpc) is 2.14. The molecule has 0 aliphatic carbocycles. The summed E-state index contributed by atoms with van der Waals surface area (Å²) in [4.78, 5) is 2.46. The number of nitrogens with zero attached hydrogens (tertiary/aromatic N) is 1. The van der Waals surface area contributed by atoms with Crippen LogP contribution in [0, 0.1) is 5.92 Å². The molecule has 0 aromatic heterocycles. The first kappa shape index (κ1) is 11.0. The van der Waals surface area contributed by atoms with Crippen molar-refractivity contribution in [1.82, 2.24) is 4.90 Å². The van der Waals surface area contributed by atoms with Gasteiger partial charge in [-0.2, -0.15) is 0 Å². The summed E-state index contributed by atoms with van der Waals surface area (Å²) < 4.78 is 0. The average molecular weight is 186 g/mol. The fourth-order valence-electron chi connectivity index (χ4n) is 1.93. The zero-order valence-corrected chi connectivity index (χ0v) is 8.58. The minimum atomic E-state index is -0.0303. The van der Waals surface area contributed by atoms with Crippen LogP contribution in [0.25, 0.3) is 0 Å². The molecule has 0 saturated carbocycles. The van der Waals surface area contributed by atoms with Gasteiger partial charge < -0.3 is 15.7 Å². The Bertz CT molecular complexity index is 141. The van der Waals surface area contributed by atoms with E-state index in [0.717, 1.165) is 18.9 Å². The zero-order valence-electron chi connectivity index (χ0n) is 8.58. The van der Waals surface area contributed by atoms with Gasteiger partial charge in [0.15, 0.2) is 0 Å². The Hall–Kier alpha value is -0.120.